The second-order valence-corrected chi connectivity index (χ2v) is 4.25. The number of ether oxygens (including phenoxy) is 1. The molecule has 2 rings (SSSR count). The molecule has 19 heavy (non-hydrogen) atoms. The molecular formula is C15H15NO3. The van der Waals surface area contributed by atoms with Gasteiger partial charge in [0.25, 0.3) is 0 Å². The highest BCUT2D eigenvalue weighted by Gasteiger charge is 2.06. The summed E-state index contributed by atoms with van der Waals surface area (Å²) in [6.07, 6.45) is 4.32. The number of rotatable bonds is 5. The van der Waals surface area contributed by atoms with E-state index in [9.17, 15) is 4.79 Å². The number of carboxylic acids is 1. The first-order valence-corrected chi connectivity index (χ1v) is 6.02. The average molecular weight is 257 g/mol. The fourth-order valence-corrected chi connectivity index (χ4v) is 1.77. The van der Waals surface area contributed by atoms with Crippen LogP contribution in [0.15, 0.2) is 42.7 Å². The van der Waals surface area contributed by atoms with E-state index in [1.807, 2.05) is 25.3 Å². The minimum absolute atomic E-state index is 0.275. The Labute approximate surface area is 111 Å². The van der Waals surface area contributed by atoms with Crippen LogP contribution in [0.4, 0.5) is 0 Å². The number of nitrogens with zero attached hydrogens (tertiary/aromatic N) is 1. The lowest BCUT2D eigenvalue weighted by molar-refractivity contribution is 0.0696. The van der Waals surface area contributed by atoms with E-state index >= 15 is 0 Å². The number of hydrogen-bond acceptors (Lipinski definition) is 3. The van der Waals surface area contributed by atoms with Crippen LogP contribution in [-0.2, 0) is 6.42 Å². The van der Waals surface area contributed by atoms with Crippen molar-refractivity contribution in [2.75, 3.05) is 6.61 Å². The number of aromatic nitrogens is 1. The zero-order valence-corrected chi connectivity index (χ0v) is 10.7. The van der Waals surface area contributed by atoms with Gasteiger partial charge in [-0.25, -0.2) is 4.79 Å². The summed E-state index contributed by atoms with van der Waals surface area (Å²) >= 11 is 0. The predicted octanol–water partition coefficient (Wildman–Crippen LogP) is 2.71. The van der Waals surface area contributed by atoms with Crippen molar-refractivity contribution in [3.8, 4) is 5.75 Å². The Bertz CT molecular complexity index is 567. The number of aryl methyl sites for hydroxylation is 1. The first kappa shape index (κ1) is 13.1. The summed E-state index contributed by atoms with van der Waals surface area (Å²) in [4.78, 5) is 14.9. The Morgan fingerprint density at radius 2 is 2.21 bits per heavy atom. The molecule has 0 saturated heterocycles. The van der Waals surface area contributed by atoms with Gasteiger partial charge in [-0.3, -0.25) is 4.98 Å². The summed E-state index contributed by atoms with van der Waals surface area (Å²) in [5.74, 6) is -0.209. The molecule has 0 bridgehead atoms. The third-order valence-electron chi connectivity index (χ3n) is 2.79. The molecule has 0 spiro atoms. The Morgan fingerprint density at radius 3 is 2.84 bits per heavy atom. The van der Waals surface area contributed by atoms with E-state index in [2.05, 4.69) is 4.98 Å². The van der Waals surface area contributed by atoms with Crippen LogP contribution in [0, 0.1) is 6.92 Å². The van der Waals surface area contributed by atoms with Crippen molar-refractivity contribution in [3.05, 3.63) is 59.4 Å². The van der Waals surface area contributed by atoms with Crippen LogP contribution in [0.3, 0.4) is 0 Å². The number of carbonyl (C=O) groups is 1. The van der Waals surface area contributed by atoms with Crippen LogP contribution in [-0.4, -0.2) is 22.7 Å². The molecule has 4 nitrogen and oxygen atoms in total. The Morgan fingerprint density at radius 1 is 1.37 bits per heavy atom. The van der Waals surface area contributed by atoms with E-state index in [4.69, 9.17) is 9.84 Å². The molecule has 0 aliphatic heterocycles. The number of pyridine rings is 1. The van der Waals surface area contributed by atoms with Gasteiger partial charge >= 0.3 is 5.97 Å². The van der Waals surface area contributed by atoms with Crippen LogP contribution in [0.1, 0.15) is 21.5 Å². The van der Waals surface area contributed by atoms with Crippen molar-refractivity contribution >= 4 is 5.97 Å². The van der Waals surface area contributed by atoms with Crippen LogP contribution in [0.5, 0.6) is 5.75 Å². The lowest BCUT2D eigenvalue weighted by Crippen LogP contribution is -2.04. The molecule has 0 fully saturated rings. The zero-order valence-electron chi connectivity index (χ0n) is 10.7. The zero-order chi connectivity index (χ0) is 13.7. The number of carboxylic acid groups (broad SMARTS) is 1. The number of aromatic carboxylic acids is 1. The van der Waals surface area contributed by atoms with Crippen LogP contribution in [0.2, 0.25) is 0 Å². The van der Waals surface area contributed by atoms with Gasteiger partial charge in [0, 0.05) is 18.8 Å². The molecule has 0 unspecified atom stereocenters. The maximum absolute atomic E-state index is 10.8. The molecule has 0 saturated carbocycles. The minimum atomic E-state index is -0.926. The van der Waals surface area contributed by atoms with Gasteiger partial charge in [0.15, 0.2) is 0 Å². The Kier molecular flexibility index (Phi) is 4.13. The molecular weight excluding hydrogens is 242 g/mol. The first-order valence-electron chi connectivity index (χ1n) is 6.02. The molecule has 0 radical (unpaired) electrons. The molecule has 2 aromatic rings. The minimum Gasteiger partial charge on any atom is -0.493 e. The van der Waals surface area contributed by atoms with E-state index in [-0.39, 0.29) is 5.56 Å². The monoisotopic (exact) mass is 257 g/mol. The summed E-state index contributed by atoms with van der Waals surface area (Å²) in [5, 5.41) is 8.88. The van der Waals surface area contributed by atoms with Crippen LogP contribution < -0.4 is 4.74 Å². The summed E-state index contributed by atoms with van der Waals surface area (Å²) in [6, 6.07) is 8.75. The molecule has 0 amide bonds. The van der Waals surface area contributed by atoms with Crippen molar-refractivity contribution in [2.24, 2.45) is 0 Å². The smallest absolute Gasteiger partial charge is 0.335 e. The summed E-state index contributed by atoms with van der Waals surface area (Å²) in [5.41, 5.74) is 2.21. The molecule has 1 N–H and O–H groups in total. The highest BCUT2D eigenvalue weighted by molar-refractivity contribution is 5.88. The van der Waals surface area contributed by atoms with Gasteiger partial charge in [-0.15, -0.1) is 0 Å². The molecule has 0 aliphatic rings. The average Bonchev–Trinajstić information content (AvgIpc) is 2.41. The van der Waals surface area contributed by atoms with Gasteiger partial charge in [-0.1, -0.05) is 6.07 Å². The predicted molar refractivity (Wildman–Crippen MR) is 71.6 cm³/mol. The van der Waals surface area contributed by atoms with Crippen molar-refractivity contribution in [1.29, 1.82) is 0 Å². The normalized spacial score (nSPS) is 10.2. The molecule has 0 aliphatic carbocycles. The van der Waals surface area contributed by atoms with E-state index < -0.39 is 5.97 Å². The molecule has 1 aromatic carbocycles. The fourth-order valence-electron chi connectivity index (χ4n) is 1.77. The number of benzene rings is 1. The van der Waals surface area contributed by atoms with Gasteiger partial charge in [0.05, 0.1) is 12.2 Å². The third kappa shape index (κ3) is 3.55. The van der Waals surface area contributed by atoms with Crippen LogP contribution in [0.25, 0.3) is 0 Å². The second kappa shape index (κ2) is 6.00. The Hall–Kier alpha value is -2.36. The standard InChI is InChI=1S/C15H15NO3/c1-11-9-13(15(17)18)4-5-14(11)19-8-6-12-3-2-7-16-10-12/h2-5,7,9-10H,6,8H2,1H3,(H,17,18). The van der Waals surface area contributed by atoms with Crippen LogP contribution >= 0.6 is 0 Å². The highest BCUT2D eigenvalue weighted by atomic mass is 16.5. The lowest BCUT2D eigenvalue weighted by Gasteiger charge is -2.09. The van der Waals surface area contributed by atoms with E-state index in [0.717, 1.165) is 17.5 Å². The van der Waals surface area contributed by atoms with Crippen molar-refractivity contribution in [3.63, 3.8) is 0 Å². The van der Waals surface area contributed by atoms with Crippen molar-refractivity contribution in [1.82, 2.24) is 4.98 Å². The summed E-state index contributed by atoms with van der Waals surface area (Å²) in [7, 11) is 0. The molecule has 0 atom stereocenters. The SMILES string of the molecule is Cc1cc(C(=O)O)ccc1OCCc1cccnc1. The van der Waals surface area contributed by atoms with Gasteiger partial charge < -0.3 is 9.84 Å². The summed E-state index contributed by atoms with van der Waals surface area (Å²) in [6.45, 7) is 2.38. The van der Waals surface area contributed by atoms with Crippen molar-refractivity contribution < 1.29 is 14.6 Å². The second-order valence-electron chi connectivity index (χ2n) is 4.25. The maximum atomic E-state index is 10.8. The maximum Gasteiger partial charge on any atom is 0.335 e. The summed E-state index contributed by atoms with van der Waals surface area (Å²) < 4.78 is 5.65. The van der Waals surface area contributed by atoms with Gasteiger partial charge in [-0.2, -0.15) is 0 Å². The fraction of sp³-hybridized carbons (Fsp3) is 0.200. The largest absolute Gasteiger partial charge is 0.493 e. The highest BCUT2D eigenvalue weighted by Crippen LogP contribution is 2.19. The Balaban J connectivity index is 1.95. The van der Waals surface area contributed by atoms with Gasteiger partial charge in [-0.05, 0) is 42.3 Å². The molecule has 1 heterocycles. The third-order valence-corrected chi connectivity index (χ3v) is 2.79. The lowest BCUT2D eigenvalue weighted by atomic mass is 10.1. The van der Waals surface area contributed by atoms with E-state index in [0.29, 0.717) is 12.4 Å². The quantitative estimate of drug-likeness (QED) is 0.894. The number of hydrogen-bond donors (Lipinski definition) is 1. The van der Waals surface area contributed by atoms with E-state index in [1.165, 1.54) is 0 Å². The van der Waals surface area contributed by atoms with Gasteiger partial charge in [0.1, 0.15) is 5.75 Å². The molecule has 1 aromatic heterocycles. The first-order chi connectivity index (χ1) is 9.16. The topological polar surface area (TPSA) is 59.4 Å². The molecule has 4 heteroatoms. The molecule has 98 valence electrons. The van der Waals surface area contributed by atoms with Crippen molar-refractivity contribution in [2.45, 2.75) is 13.3 Å². The van der Waals surface area contributed by atoms with E-state index in [1.54, 1.807) is 24.4 Å². The van der Waals surface area contributed by atoms with Gasteiger partial charge in [0.2, 0.25) is 0 Å².